The van der Waals surface area contributed by atoms with Crippen LogP contribution in [0.1, 0.15) is 37.3 Å². The smallest absolute Gasteiger partial charge is 0.123 e. The van der Waals surface area contributed by atoms with E-state index in [1.54, 1.807) is 7.11 Å². The van der Waals surface area contributed by atoms with Crippen LogP contribution in [-0.2, 0) is 10.2 Å². The quantitative estimate of drug-likeness (QED) is 0.871. The summed E-state index contributed by atoms with van der Waals surface area (Å²) < 4.78 is 11.0. The van der Waals surface area contributed by atoms with Crippen LogP contribution >= 0.6 is 0 Å². The highest BCUT2D eigenvalue weighted by Crippen LogP contribution is 2.41. The van der Waals surface area contributed by atoms with Gasteiger partial charge in [-0.25, -0.2) is 0 Å². The van der Waals surface area contributed by atoms with Crippen LogP contribution in [0.3, 0.4) is 0 Å². The second-order valence-electron chi connectivity index (χ2n) is 5.43. The monoisotopic (exact) mass is 249 g/mol. The molecular formula is C15H23NO2. The minimum Gasteiger partial charge on any atom is -0.496 e. The molecule has 0 saturated carbocycles. The summed E-state index contributed by atoms with van der Waals surface area (Å²) in [7, 11) is 1.73. The fourth-order valence-corrected chi connectivity index (χ4v) is 2.56. The normalized spacial score (nSPS) is 17.6. The Balaban J connectivity index is 2.37. The molecule has 1 aliphatic rings. The van der Waals surface area contributed by atoms with Crippen molar-refractivity contribution < 1.29 is 9.47 Å². The Morgan fingerprint density at radius 1 is 1.39 bits per heavy atom. The Kier molecular flexibility index (Phi) is 3.93. The average molecular weight is 249 g/mol. The van der Waals surface area contributed by atoms with E-state index in [-0.39, 0.29) is 5.41 Å². The molecule has 1 fully saturated rings. The largest absolute Gasteiger partial charge is 0.496 e. The zero-order valence-electron chi connectivity index (χ0n) is 11.5. The summed E-state index contributed by atoms with van der Waals surface area (Å²) in [6.45, 7) is 6.56. The van der Waals surface area contributed by atoms with Gasteiger partial charge in [0, 0.05) is 11.0 Å². The van der Waals surface area contributed by atoms with E-state index in [0.717, 1.165) is 25.4 Å². The van der Waals surface area contributed by atoms with Gasteiger partial charge < -0.3 is 15.2 Å². The highest BCUT2D eigenvalue weighted by Gasteiger charge is 2.41. The molecule has 1 aromatic rings. The third-order valence-corrected chi connectivity index (χ3v) is 3.84. The van der Waals surface area contributed by atoms with Crippen molar-refractivity contribution in [2.45, 2.75) is 31.6 Å². The van der Waals surface area contributed by atoms with Crippen LogP contribution in [0, 0.1) is 0 Å². The first kappa shape index (κ1) is 13.4. The van der Waals surface area contributed by atoms with Crippen molar-refractivity contribution >= 4 is 0 Å². The van der Waals surface area contributed by atoms with Crippen LogP contribution in [0.5, 0.6) is 5.75 Å². The maximum Gasteiger partial charge on any atom is 0.123 e. The lowest BCUT2D eigenvalue weighted by Crippen LogP contribution is -2.48. The zero-order valence-corrected chi connectivity index (χ0v) is 11.5. The predicted octanol–water partition coefficient (Wildman–Crippen LogP) is 2.44. The highest BCUT2D eigenvalue weighted by atomic mass is 16.5. The van der Waals surface area contributed by atoms with E-state index < -0.39 is 0 Å². The Labute approximate surface area is 109 Å². The molecule has 0 bridgehead atoms. The maximum atomic E-state index is 5.73. The van der Waals surface area contributed by atoms with Gasteiger partial charge in [-0.15, -0.1) is 0 Å². The number of hydrogen-bond donors (Lipinski definition) is 1. The van der Waals surface area contributed by atoms with Gasteiger partial charge in [0.2, 0.25) is 0 Å². The Morgan fingerprint density at radius 3 is 2.56 bits per heavy atom. The second-order valence-corrected chi connectivity index (χ2v) is 5.43. The van der Waals surface area contributed by atoms with E-state index >= 15 is 0 Å². The molecule has 2 rings (SSSR count). The second kappa shape index (κ2) is 5.29. The third-order valence-electron chi connectivity index (χ3n) is 3.84. The van der Waals surface area contributed by atoms with E-state index in [1.807, 2.05) is 0 Å². The van der Waals surface area contributed by atoms with Gasteiger partial charge in [0.1, 0.15) is 5.75 Å². The van der Waals surface area contributed by atoms with Crippen molar-refractivity contribution in [1.82, 2.24) is 0 Å². The van der Waals surface area contributed by atoms with Crippen molar-refractivity contribution in [3.05, 3.63) is 29.3 Å². The molecule has 0 unspecified atom stereocenters. The van der Waals surface area contributed by atoms with Crippen LogP contribution in [0.25, 0.3) is 0 Å². The lowest BCUT2D eigenvalue weighted by Gasteiger charge is -2.42. The Hall–Kier alpha value is -1.06. The fourth-order valence-electron chi connectivity index (χ4n) is 2.56. The molecular weight excluding hydrogens is 226 g/mol. The number of ether oxygens (including phenoxy) is 2. The maximum absolute atomic E-state index is 5.73. The van der Waals surface area contributed by atoms with Gasteiger partial charge in [-0.05, 0) is 30.5 Å². The molecule has 0 aliphatic carbocycles. The molecule has 1 aromatic carbocycles. The standard InChI is InChI=1S/C15H23NO2/c1-11(2)12-4-5-13(14(8-12)17-3)15(6-7-16)9-18-10-15/h4-5,8,11H,6-7,9-10,16H2,1-3H3. The number of hydrogen-bond acceptors (Lipinski definition) is 3. The van der Waals surface area contributed by atoms with E-state index in [1.165, 1.54) is 11.1 Å². The van der Waals surface area contributed by atoms with Gasteiger partial charge in [-0.3, -0.25) is 0 Å². The number of methoxy groups -OCH3 is 1. The first-order valence-electron chi connectivity index (χ1n) is 6.59. The minimum absolute atomic E-state index is 0.0651. The molecule has 0 spiro atoms. The lowest BCUT2D eigenvalue weighted by molar-refractivity contribution is -0.0640. The molecule has 0 amide bonds. The van der Waals surface area contributed by atoms with Crippen molar-refractivity contribution in [2.75, 3.05) is 26.9 Å². The summed E-state index contributed by atoms with van der Waals surface area (Å²) in [4.78, 5) is 0. The van der Waals surface area contributed by atoms with Gasteiger partial charge in [-0.1, -0.05) is 26.0 Å². The summed E-state index contributed by atoms with van der Waals surface area (Å²) in [5.74, 6) is 1.48. The topological polar surface area (TPSA) is 44.5 Å². The van der Waals surface area contributed by atoms with E-state index in [4.69, 9.17) is 15.2 Å². The zero-order chi connectivity index (χ0) is 13.2. The van der Waals surface area contributed by atoms with Crippen LogP contribution in [-0.4, -0.2) is 26.9 Å². The molecule has 1 saturated heterocycles. The Bertz CT molecular complexity index is 411. The molecule has 2 N–H and O–H groups in total. The molecule has 3 heteroatoms. The lowest BCUT2D eigenvalue weighted by atomic mass is 9.75. The van der Waals surface area contributed by atoms with Crippen molar-refractivity contribution in [3.8, 4) is 5.75 Å². The fraction of sp³-hybridized carbons (Fsp3) is 0.600. The first-order chi connectivity index (χ1) is 8.63. The van der Waals surface area contributed by atoms with Gasteiger partial charge in [0.15, 0.2) is 0 Å². The third kappa shape index (κ3) is 2.25. The predicted molar refractivity (Wildman–Crippen MR) is 73.3 cm³/mol. The van der Waals surface area contributed by atoms with Gasteiger partial charge in [0.05, 0.1) is 20.3 Å². The molecule has 0 radical (unpaired) electrons. The van der Waals surface area contributed by atoms with Crippen molar-refractivity contribution in [3.63, 3.8) is 0 Å². The molecule has 0 aromatic heterocycles. The molecule has 1 aliphatic heterocycles. The average Bonchev–Trinajstić information content (AvgIpc) is 2.33. The van der Waals surface area contributed by atoms with Crippen LogP contribution in [0.15, 0.2) is 18.2 Å². The van der Waals surface area contributed by atoms with Crippen LogP contribution in [0.2, 0.25) is 0 Å². The summed E-state index contributed by atoms with van der Waals surface area (Å²) in [6, 6.07) is 6.53. The highest BCUT2D eigenvalue weighted by molar-refractivity contribution is 5.44. The SMILES string of the molecule is COc1cc(C(C)C)ccc1C1(CCN)COC1. The van der Waals surface area contributed by atoms with Crippen LogP contribution in [0.4, 0.5) is 0 Å². The summed E-state index contributed by atoms with van der Waals surface area (Å²) in [5, 5.41) is 0. The Morgan fingerprint density at radius 2 is 2.11 bits per heavy atom. The molecule has 18 heavy (non-hydrogen) atoms. The van der Waals surface area contributed by atoms with Gasteiger partial charge in [-0.2, -0.15) is 0 Å². The van der Waals surface area contributed by atoms with Gasteiger partial charge >= 0.3 is 0 Å². The number of nitrogens with two attached hydrogens (primary N) is 1. The van der Waals surface area contributed by atoms with Crippen LogP contribution < -0.4 is 10.5 Å². The minimum atomic E-state index is 0.0651. The molecule has 0 atom stereocenters. The summed E-state index contributed by atoms with van der Waals surface area (Å²) in [5.41, 5.74) is 8.35. The first-order valence-corrected chi connectivity index (χ1v) is 6.59. The van der Waals surface area contributed by atoms with Crippen molar-refractivity contribution in [1.29, 1.82) is 0 Å². The molecule has 3 nitrogen and oxygen atoms in total. The van der Waals surface area contributed by atoms with Gasteiger partial charge in [0.25, 0.3) is 0 Å². The number of rotatable bonds is 5. The number of benzene rings is 1. The molecule has 100 valence electrons. The molecule has 1 heterocycles. The van der Waals surface area contributed by atoms with Crippen molar-refractivity contribution in [2.24, 2.45) is 5.73 Å². The van der Waals surface area contributed by atoms with E-state index in [2.05, 4.69) is 32.0 Å². The van der Waals surface area contributed by atoms with E-state index in [9.17, 15) is 0 Å². The van der Waals surface area contributed by atoms with E-state index in [0.29, 0.717) is 12.5 Å². The summed E-state index contributed by atoms with van der Waals surface area (Å²) >= 11 is 0. The summed E-state index contributed by atoms with van der Waals surface area (Å²) in [6.07, 6.45) is 0.949.